The minimum Gasteiger partial charge on any atom is -0.383 e. The topological polar surface area (TPSA) is 89.8 Å². The van der Waals surface area contributed by atoms with Gasteiger partial charge in [0.1, 0.15) is 11.6 Å². The first-order valence-electron chi connectivity index (χ1n) is 6.35. The summed E-state index contributed by atoms with van der Waals surface area (Å²) in [5.41, 5.74) is 11.3. The number of nitrogens with zero attached hydrogens (tertiary/aromatic N) is 2. The molecule has 0 amide bonds. The molecule has 1 aromatic rings. The monoisotopic (exact) mass is 235 g/mol. The maximum atomic E-state index is 5.66. The van der Waals surface area contributed by atoms with Crippen LogP contribution < -0.4 is 16.8 Å². The molecule has 0 spiro atoms. The molecule has 1 aromatic heterocycles. The Balaban J connectivity index is 2.08. The molecule has 17 heavy (non-hydrogen) atoms. The molecule has 0 aliphatic heterocycles. The molecular formula is C12H21N5. The minimum absolute atomic E-state index is 0.233. The van der Waals surface area contributed by atoms with Gasteiger partial charge in [0.05, 0.1) is 0 Å². The molecule has 94 valence electrons. The fourth-order valence-corrected chi connectivity index (χ4v) is 2.64. The largest absolute Gasteiger partial charge is 0.383 e. The molecule has 1 aliphatic carbocycles. The van der Waals surface area contributed by atoms with Crippen molar-refractivity contribution in [1.82, 2.24) is 9.97 Å². The first kappa shape index (κ1) is 12.0. The normalized spacial score (nSPS) is 24.5. The minimum atomic E-state index is 0.233. The van der Waals surface area contributed by atoms with Gasteiger partial charge in [0.2, 0.25) is 5.95 Å². The van der Waals surface area contributed by atoms with Gasteiger partial charge < -0.3 is 16.8 Å². The number of hydrogen-bond acceptors (Lipinski definition) is 5. The number of nitrogens with one attached hydrogen (secondary N) is 1. The zero-order valence-corrected chi connectivity index (χ0v) is 10.3. The Labute approximate surface area is 102 Å². The predicted octanol–water partition coefficient (Wildman–Crippen LogP) is 2.02. The van der Waals surface area contributed by atoms with Crippen LogP contribution in [0.25, 0.3) is 0 Å². The number of aromatic nitrogens is 2. The molecule has 1 aliphatic rings. The molecule has 0 radical (unpaired) electrons. The van der Waals surface area contributed by atoms with Crippen molar-refractivity contribution in [3.8, 4) is 0 Å². The maximum absolute atomic E-state index is 5.66. The summed E-state index contributed by atoms with van der Waals surface area (Å²) in [6.45, 7) is 2.24. The summed E-state index contributed by atoms with van der Waals surface area (Å²) in [6, 6.07) is 2.24. The molecular weight excluding hydrogens is 214 g/mol. The SMILES string of the molecule is CCC1CCCCC1Nc1cc(N)nc(N)n1. The highest BCUT2D eigenvalue weighted by Crippen LogP contribution is 2.29. The Kier molecular flexibility index (Phi) is 3.66. The third-order valence-corrected chi connectivity index (χ3v) is 3.53. The molecule has 2 rings (SSSR count). The first-order chi connectivity index (χ1) is 8.19. The lowest BCUT2D eigenvalue weighted by Crippen LogP contribution is -2.32. The van der Waals surface area contributed by atoms with E-state index in [0.717, 1.165) is 11.7 Å². The highest BCUT2D eigenvalue weighted by molar-refractivity contribution is 5.49. The predicted molar refractivity (Wildman–Crippen MR) is 70.5 cm³/mol. The summed E-state index contributed by atoms with van der Waals surface area (Å²) in [5.74, 6) is 2.13. The average molecular weight is 235 g/mol. The summed E-state index contributed by atoms with van der Waals surface area (Å²) in [4.78, 5) is 8.04. The lowest BCUT2D eigenvalue weighted by Gasteiger charge is -2.31. The average Bonchev–Trinajstić information content (AvgIpc) is 2.28. The summed E-state index contributed by atoms with van der Waals surface area (Å²) >= 11 is 0. The van der Waals surface area contributed by atoms with Crippen LogP contribution in [-0.4, -0.2) is 16.0 Å². The smallest absolute Gasteiger partial charge is 0.223 e. The van der Waals surface area contributed by atoms with Gasteiger partial charge >= 0.3 is 0 Å². The number of rotatable bonds is 3. The van der Waals surface area contributed by atoms with Crippen molar-refractivity contribution in [3.05, 3.63) is 6.07 Å². The summed E-state index contributed by atoms with van der Waals surface area (Å²) in [7, 11) is 0. The Bertz CT molecular complexity index is 359. The fraction of sp³-hybridized carbons (Fsp3) is 0.667. The number of nitrogens with two attached hydrogens (primary N) is 2. The Morgan fingerprint density at radius 2 is 2.06 bits per heavy atom. The highest BCUT2D eigenvalue weighted by atomic mass is 15.1. The van der Waals surface area contributed by atoms with Gasteiger partial charge in [-0.15, -0.1) is 0 Å². The van der Waals surface area contributed by atoms with E-state index in [4.69, 9.17) is 11.5 Å². The number of anilines is 3. The van der Waals surface area contributed by atoms with E-state index in [2.05, 4.69) is 22.2 Å². The second-order valence-corrected chi connectivity index (χ2v) is 4.74. The molecule has 5 nitrogen and oxygen atoms in total. The molecule has 1 fully saturated rings. The summed E-state index contributed by atoms with van der Waals surface area (Å²) in [6.07, 6.45) is 6.31. The standard InChI is InChI=1S/C12H21N5/c1-2-8-5-3-4-6-9(8)15-11-7-10(13)16-12(14)17-11/h7-9H,2-6H2,1H3,(H5,13,14,15,16,17). The van der Waals surface area contributed by atoms with Gasteiger partial charge in [-0.05, 0) is 18.8 Å². The molecule has 1 heterocycles. The zero-order valence-electron chi connectivity index (χ0n) is 10.3. The van der Waals surface area contributed by atoms with Gasteiger partial charge in [0, 0.05) is 12.1 Å². The molecule has 1 saturated carbocycles. The van der Waals surface area contributed by atoms with Crippen molar-refractivity contribution in [2.24, 2.45) is 5.92 Å². The molecule has 0 bridgehead atoms. The van der Waals surface area contributed by atoms with Crippen LogP contribution in [0.3, 0.4) is 0 Å². The van der Waals surface area contributed by atoms with Gasteiger partial charge in [-0.25, -0.2) is 0 Å². The van der Waals surface area contributed by atoms with Gasteiger partial charge in [-0.2, -0.15) is 9.97 Å². The van der Waals surface area contributed by atoms with Gasteiger partial charge in [0.15, 0.2) is 0 Å². The van der Waals surface area contributed by atoms with Crippen LogP contribution in [0.4, 0.5) is 17.6 Å². The zero-order chi connectivity index (χ0) is 12.3. The lowest BCUT2D eigenvalue weighted by molar-refractivity contribution is 0.317. The maximum Gasteiger partial charge on any atom is 0.223 e. The highest BCUT2D eigenvalue weighted by Gasteiger charge is 2.23. The molecule has 5 N–H and O–H groups in total. The summed E-state index contributed by atoms with van der Waals surface area (Å²) in [5, 5.41) is 3.45. The van der Waals surface area contributed by atoms with E-state index in [1.54, 1.807) is 6.07 Å². The van der Waals surface area contributed by atoms with Crippen LogP contribution in [0.15, 0.2) is 6.07 Å². The van der Waals surface area contributed by atoms with Crippen LogP contribution in [0.1, 0.15) is 39.0 Å². The second kappa shape index (κ2) is 5.21. The van der Waals surface area contributed by atoms with Crippen LogP contribution in [0.2, 0.25) is 0 Å². The Hall–Kier alpha value is -1.52. The molecule has 2 atom stereocenters. The van der Waals surface area contributed by atoms with E-state index in [-0.39, 0.29) is 5.95 Å². The van der Waals surface area contributed by atoms with E-state index >= 15 is 0 Å². The molecule has 0 saturated heterocycles. The van der Waals surface area contributed by atoms with Crippen molar-refractivity contribution < 1.29 is 0 Å². The fourth-order valence-electron chi connectivity index (χ4n) is 2.64. The molecule has 2 unspecified atom stereocenters. The first-order valence-corrected chi connectivity index (χ1v) is 6.35. The van der Waals surface area contributed by atoms with Crippen molar-refractivity contribution in [2.75, 3.05) is 16.8 Å². The van der Waals surface area contributed by atoms with Crippen LogP contribution in [0, 0.1) is 5.92 Å². The van der Waals surface area contributed by atoms with Crippen molar-refractivity contribution in [1.29, 1.82) is 0 Å². The van der Waals surface area contributed by atoms with Gasteiger partial charge in [-0.3, -0.25) is 0 Å². The lowest BCUT2D eigenvalue weighted by atomic mass is 9.83. The molecule has 5 heteroatoms. The van der Waals surface area contributed by atoms with E-state index in [1.165, 1.54) is 32.1 Å². The van der Waals surface area contributed by atoms with Crippen molar-refractivity contribution in [3.63, 3.8) is 0 Å². The molecule has 0 aromatic carbocycles. The van der Waals surface area contributed by atoms with Gasteiger partial charge in [-0.1, -0.05) is 26.2 Å². The Morgan fingerprint density at radius 1 is 1.29 bits per heavy atom. The Morgan fingerprint density at radius 3 is 2.76 bits per heavy atom. The van der Waals surface area contributed by atoms with Crippen molar-refractivity contribution >= 4 is 17.6 Å². The van der Waals surface area contributed by atoms with E-state index < -0.39 is 0 Å². The van der Waals surface area contributed by atoms with E-state index in [9.17, 15) is 0 Å². The van der Waals surface area contributed by atoms with Crippen LogP contribution in [0.5, 0.6) is 0 Å². The van der Waals surface area contributed by atoms with Crippen molar-refractivity contribution in [2.45, 2.75) is 45.1 Å². The number of hydrogen-bond donors (Lipinski definition) is 3. The van der Waals surface area contributed by atoms with Gasteiger partial charge in [0.25, 0.3) is 0 Å². The number of nitrogen functional groups attached to an aromatic ring is 2. The third-order valence-electron chi connectivity index (χ3n) is 3.53. The quantitative estimate of drug-likeness (QED) is 0.745. The van der Waals surface area contributed by atoms with Crippen LogP contribution in [-0.2, 0) is 0 Å². The summed E-state index contributed by atoms with van der Waals surface area (Å²) < 4.78 is 0. The van der Waals surface area contributed by atoms with E-state index in [1.807, 2.05) is 0 Å². The third kappa shape index (κ3) is 2.99. The second-order valence-electron chi connectivity index (χ2n) is 4.74. The van der Waals surface area contributed by atoms with Crippen LogP contribution >= 0.6 is 0 Å². The van der Waals surface area contributed by atoms with E-state index in [0.29, 0.717) is 11.9 Å².